The van der Waals surface area contributed by atoms with Crippen LogP contribution in [0.4, 0.5) is 0 Å². The Bertz CT molecular complexity index is 719. The maximum absolute atomic E-state index is 5.53. The van der Waals surface area contributed by atoms with Crippen molar-refractivity contribution in [1.82, 2.24) is 25.2 Å². The lowest BCUT2D eigenvalue weighted by molar-refractivity contribution is 0.451. The largest absolute Gasteiger partial charge is 0.444 e. The van der Waals surface area contributed by atoms with Crippen LogP contribution in [0, 0.1) is 0 Å². The van der Waals surface area contributed by atoms with Gasteiger partial charge in [0.05, 0.1) is 5.69 Å². The minimum atomic E-state index is 0.333. The third-order valence-electron chi connectivity index (χ3n) is 2.77. The lowest BCUT2D eigenvalue weighted by atomic mass is 10.2. The summed E-state index contributed by atoms with van der Waals surface area (Å²) in [7, 11) is 0. The van der Waals surface area contributed by atoms with Crippen LogP contribution in [-0.4, -0.2) is 31.7 Å². The summed E-state index contributed by atoms with van der Waals surface area (Å²) in [5, 5.41) is 16.0. The predicted octanol–water partition coefficient (Wildman–Crippen LogP) is 1.62. The smallest absolute Gasteiger partial charge is 0.283 e. The fraction of sp³-hybridized carbons (Fsp3) is 0.333. The molecule has 21 heavy (non-hydrogen) atoms. The molecule has 0 atom stereocenters. The number of halogens is 1. The summed E-state index contributed by atoms with van der Waals surface area (Å²) in [5.41, 5.74) is 6.36. The first kappa shape index (κ1) is 14.0. The second-order valence-electron chi connectivity index (χ2n) is 4.40. The van der Waals surface area contributed by atoms with E-state index in [1.807, 2.05) is 6.20 Å². The Morgan fingerprint density at radius 2 is 2.10 bits per heavy atom. The van der Waals surface area contributed by atoms with E-state index in [1.165, 1.54) is 0 Å². The molecule has 110 valence electrons. The van der Waals surface area contributed by atoms with Gasteiger partial charge in [0, 0.05) is 6.20 Å². The third kappa shape index (κ3) is 3.37. The highest BCUT2D eigenvalue weighted by Crippen LogP contribution is 2.23. The van der Waals surface area contributed by atoms with Crippen LogP contribution in [0.15, 0.2) is 31.8 Å². The molecule has 0 fully saturated rings. The maximum Gasteiger partial charge on any atom is 0.283 e. The van der Waals surface area contributed by atoms with Crippen molar-refractivity contribution in [3.63, 3.8) is 0 Å². The minimum absolute atomic E-state index is 0.333. The van der Waals surface area contributed by atoms with Crippen LogP contribution in [-0.2, 0) is 13.0 Å². The topological polar surface area (TPSA) is 109 Å². The van der Waals surface area contributed by atoms with Crippen molar-refractivity contribution < 1.29 is 8.83 Å². The first-order valence-electron chi connectivity index (χ1n) is 6.42. The highest BCUT2D eigenvalue weighted by Gasteiger charge is 2.13. The van der Waals surface area contributed by atoms with E-state index in [1.54, 1.807) is 16.8 Å². The lowest BCUT2D eigenvalue weighted by Gasteiger charge is -1.93. The lowest BCUT2D eigenvalue weighted by Crippen LogP contribution is -2.01. The second-order valence-corrected chi connectivity index (χ2v) is 5.19. The second kappa shape index (κ2) is 6.19. The van der Waals surface area contributed by atoms with E-state index in [0.29, 0.717) is 35.3 Å². The number of hydrogen-bond donors (Lipinski definition) is 1. The van der Waals surface area contributed by atoms with Gasteiger partial charge in [-0.25, -0.2) is 4.68 Å². The van der Waals surface area contributed by atoms with Crippen molar-refractivity contribution in [2.24, 2.45) is 5.73 Å². The van der Waals surface area contributed by atoms with Gasteiger partial charge in [-0.05, 0) is 47.4 Å². The Hall–Kier alpha value is -2.00. The number of rotatable bonds is 6. The van der Waals surface area contributed by atoms with Crippen molar-refractivity contribution in [3.8, 4) is 11.7 Å². The first-order chi connectivity index (χ1) is 10.2. The van der Waals surface area contributed by atoms with Gasteiger partial charge in [0.1, 0.15) is 6.54 Å². The number of nitrogens with two attached hydrogens (primary N) is 1. The molecule has 0 aliphatic heterocycles. The number of nitrogens with zero attached hydrogens (tertiary/aromatic N) is 5. The normalized spacial score (nSPS) is 11.1. The first-order valence-corrected chi connectivity index (χ1v) is 7.21. The summed E-state index contributed by atoms with van der Waals surface area (Å²) in [5.74, 6) is 1.29. The molecule has 0 aliphatic carbocycles. The summed E-state index contributed by atoms with van der Waals surface area (Å²) < 4.78 is 13.2. The molecule has 3 rings (SSSR count). The van der Waals surface area contributed by atoms with Crippen molar-refractivity contribution in [2.45, 2.75) is 19.4 Å². The fourth-order valence-corrected chi connectivity index (χ4v) is 2.10. The molecule has 0 saturated carbocycles. The molecular formula is C12H13BrN6O2. The van der Waals surface area contributed by atoms with E-state index in [4.69, 9.17) is 14.6 Å². The molecule has 0 amide bonds. The third-order valence-corrected chi connectivity index (χ3v) is 3.20. The van der Waals surface area contributed by atoms with Crippen molar-refractivity contribution in [2.75, 3.05) is 6.54 Å². The van der Waals surface area contributed by atoms with Gasteiger partial charge in [-0.2, -0.15) is 0 Å². The van der Waals surface area contributed by atoms with E-state index in [2.05, 4.69) is 36.4 Å². The molecule has 0 aromatic carbocycles. The standard InChI is InChI=1S/C12H13BrN6O2/c13-10-4-3-9(20-10)12-17-16-11(21-12)7-19-6-8(15-18-19)2-1-5-14/h3-4,6H,1-2,5,7,14H2. The van der Waals surface area contributed by atoms with Gasteiger partial charge >= 0.3 is 0 Å². The summed E-state index contributed by atoms with van der Waals surface area (Å²) in [4.78, 5) is 0. The van der Waals surface area contributed by atoms with Gasteiger partial charge in [-0.15, -0.1) is 15.3 Å². The highest BCUT2D eigenvalue weighted by molar-refractivity contribution is 9.10. The molecule has 3 heterocycles. The molecule has 0 bridgehead atoms. The van der Waals surface area contributed by atoms with Crippen molar-refractivity contribution in [3.05, 3.63) is 34.6 Å². The maximum atomic E-state index is 5.53. The van der Waals surface area contributed by atoms with Gasteiger partial charge in [0.25, 0.3) is 5.89 Å². The van der Waals surface area contributed by atoms with Crippen LogP contribution in [0.25, 0.3) is 11.7 Å². The van der Waals surface area contributed by atoms with E-state index in [-0.39, 0.29) is 0 Å². The van der Waals surface area contributed by atoms with Crippen LogP contribution in [0.2, 0.25) is 0 Å². The van der Waals surface area contributed by atoms with Crippen LogP contribution in [0.5, 0.6) is 0 Å². The van der Waals surface area contributed by atoms with E-state index < -0.39 is 0 Å². The zero-order valence-corrected chi connectivity index (χ0v) is 12.7. The Morgan fingerprint density at radius 1 is 1.19 bits per heavy atom. The molecule has 0 aliphatic rings. The average Bonchev–Trinajstić information content (AvgIpc) is 3.18. The van der Waals surface area contributed by atoms with Gasteiger partial charge in [0.15, 0.2) is 10.4 Å². The predicted molar refractivity (Wildman–Crippen MR) is 76.2 cm³/mol. The van der Waals surface area contributed by atoms with Gasteiger partial charge in [-0.1, -0.05) is 5.21 Å². The molecule has 8 nitrogen and oxygen atoms in total. The summed E-state index contributed by atoms with van der Waals surface area (Å²) in [6.07, 6.45) is 3.55. The van der Waals surface area contributed by atoms with Gasteiger partial charge in [0.2, 0.25) is 5.89 Å². The molecule has 3 aromatic heterocycles. The van der Waals surface area contributed by atoms with Crippen LogP contribution < -0.4 is 5.73 Å². The molecule has 9 heteroatoms. The molecule has 3 aromatic rings. The Labute approximate surface area is 128 Å². The highest BCUT2D eigenvalue weighted by atomic mass is 79.9. The summed E-state index contributed by atoms with van der Waals surface area (Å²) >= 11 is 3.23. The molecule has 0 saturated heterocycles. The molecule has 0 spiro atoms. The molecule has 2 N–H and O–H groups in total. The SMILES string of the molecule is NCCCc1cn(Cc2nnc(-c3ccc(Br)o3)o2)nn1. The van der Waals surface area contributed by atoms with E-state index in [9.17, 15) is 0 Å². The average molecular weight is 353 g/mol. The number of furan rings is 1. The molecule has 0 radical (unpaired) electrons. The summed E-state index contributed by atoms with van der Waals surface area (Å²) in [6, 6.07) is 3.52. The fourth-order valence-electron chi connectivity index (χ4n) is 1.80. The Balaban J connectivity index is 1.68. The summed E-state index contributed by atoms with van der Waals surface area (Å²) in [6.45, 7) is 1.00. The minimum Gasteiger partial charge on any atom is -0.444 e. The zero-order chi connectivity index (χ0) is 14.7. The number of hydrogen-bond acceptors (Lipinski definition) is 7. The van der Waals surface area contributed by atoms with Gasteiger partial charge < -0.3 is 14.6 Å². The van der Waals surface area contributed by atoms with Crippen LogP contribution in [0.1, 0.15) is 18.0 Å². The van der Waals surface area contributed by atoms with Crippen LogP contribution >= 0.6 is 15.9 Å². The Kier molecular flexibility index (Phi) is 4.11. The van der Waals surface area contributed by atoms with E-state index in [0.717, 1.165) is 18.5 Å². The number of aromatic nitrogens is 5. The monoisotopic (exact) mass is 352 g/mol. The quantitative estimate of drug-likeness (QED) is 0.717. The number of aryl methyl sites for hydroxylation is 1. The van der Waals surface area contributed by atoms with Crippen molar-refractivity contribution >= 4 is 15.9 Å². The van der Waals surface area contributed by atoms with E-state index >= 15 is 0 Å². The zero-order valence-electron chi connectivity index (χ0n) is 11.1. The van der Waals surface area contributed by atoms with Crippen molar-refractivity contribution in [1.29, 1.82) is 0 Å². The molecule has 0 unspecified atom stereocenters. The van der Waals surface area contributed by atoms with Gasteiger partial charge in [-0.3, -0.25) is 0 Å². The Morgan fingerprint density at radius 3 is 2.86 bits per heavy atom. The van der Waals surface area contributed by atoms with Crippen LogP contribution in [0.3, 0.4) is 0 Å². The molecular weight excluding hydrogens is 340 g/mol.